The molecule has 0 spiro atoms. The van der Waals surface area contributed by atoms with Crippen molar-refractivity contribution in [3.8, 4) is 0 Å². The van der Waals surface area contributed by atoms with E-state index in [9.17, 15) is 0 Å². The first-order valence-electron chi connectivity index (χ1n) is 4.97. The molecule has 0 fully saturated rings. The maximum Gasteiger partial charge on any atom is 0.0898 e. The second-order valence-corrected chi connectivity index (χ2v) is 4.83. The van der Waals surface area contributed by atoms with Crippen LogP contribution in [0.4, 0.5) is 0 Å². The Hall–Kier alpha value is -1.13. The molecule has 2 heterocycles. The summed E-state index contributed by atoms with van der Waals surface area (Å²) in [6, 6.07) is 2.16. The van der Waals surface area contributed by atoms with Gasteiger partial charge in [0, 0.05) is 23.8 Å². The molecule has 0 bridgehead atoms. The van der Waals surface area contributed by atoms with E-state index in [0.717, 1.165) is 17.2 Å². The monoisotopic (exact) mass is 221 g/mol. The molecule has 80 valence electrons. The topological polar surface area (TPSA) is 43.8 Å². The van der Waals surface area contributed by atoms with Crippen molar-refractivity contribution in [2.45, 2.75) is 26.4 Å². The lowest BCUT2D eigenvalue weighted by Gasteiger charge is -2.01. The van der Waals surface area contributed by atoms with E-state index < -0.39 is 0 Å². The Bertz CT molecular complexity index is 442. The van der Waals surface area contributed by atoms with Crippen LogP contribution in [0.5, 0.6) is 0 Å². The second kappa shape index (κ2) is 4.16. The number of nitrogens with zero attached hydrogens (tertiary/aromatic N) is 2. The molecule has 2 aromatic rings. The molecule has 0 aromatic carbocycles. The smallest absolute Gasteiger partial charge is 0.0898 e. The summed E-state index contributed by atoms with van der Waals surface area (Å²) in [6.07, 6.45) is 4.13. The summed E-state index contributed by atoms with van der Waals surface area (Å²) < 4.78 is 2.12. The van der Waals surface area contributed by atoms with Crippen molar-refractivity contribution < 1.29 is 0 Å². The highest BCUT2D eigenvalue weighted by molar-refractivity contribution is 7.09. The SMILES string of the molecule is Cc1nc(Cn2ccc(C(C)N)c2)cs1. The first kappa shape index (κ1) is 10.4. The predicted molar refractivity (Wildman–Crippen MR) is 63.0 cm³/mol. The Labute approximate surface area is 93.6 Å². The van der Waals surface area contributed by atoms with Gasteiger partial charge in [0.25, 0.3) is 0 Å². The Balaban J connectivity index is 2.11. The fourth-order valence-electron chi connectivity index (χ4n) is 1.49. The van der Waals surface area contributed by atoms with Crippen LogP contribution in [0.3, 0.4) is 0 Å². The molecule has 2 N–H and O–H groups in total. The normalized spacial score (nSPS) is 13.0. The Morgan fingerprint density at radius 1 is 1.60 bits per heavy atom. The van der Waals surface area contributed by atoms with Gasteiger partial charge in [0.2, 0.25) is 0 Å². The predicted octanol–water partition coefficient (Wildman–Crippen LogP) is 2.32. The van der Waals surface area contributed by atoms with Gasteiger partial charge in [0.15, 0.2) is 0 Å². The van der Waals surface area contributed by atoms with Gasteiger partial charge in [-0.3, -0.25) is 0 Å². The van der Waals surface area contributed by atoms with E-state index in [4.69, 9.17) is 5.73 Å². The lowest BCUT2D eigenvalue weighted by atomic mass is 10.2. The minimum atomic E-state index is 0.100. The number of hydrogen-bond acceptors (Lipinski definition) is 3. The van der Waals surface area contributed by atoms with Crippen LogP contribution >= 0.6 is 11.3 Å². The number of aromatic nitrogens is 2. The number of nitrogens with two attached hydrogens (primary N) is 1. The van der Waals surface area contributed by atoms with Crippen LogP contribution in [0, 0.1) is 6.92 Å². The average Bonchev–Trinajstić information content (AvgIpc) is 2.76. The molecule has 3 nitrogen and oxygen atoms in total. The largest absolute Gasteiger partial charge is 0.348 e. The van der Waals surface area contributed by atoms with Crippen LogP contribution < -0.4 is 5.73 Å². The van der Waals surface area contributed by atoms with Crippen molar-refractivity contribution in [2.24, 2.45) is 5.73 Å². The number of rotatable bonds is 3. The van der Waals surface area contributed by atoms with E-state index >= 15 is 0 Å². The molecule has 4 heteroatoms. The molecule has 2 rings (SSSR count). The molecule has 0 saturated carbocycles. The first-order valence-corrected chi connectivity index (χ1v) is 5.85. The summed E-state index contributed by atoms with van der Waals surface area (Å²) in [5, 5.41) is 3.21. The molecule has 0 amide bonds. The van der Waals surface area contributed by atoms with Crippen LogP contribution in [-0.4, -0.2) is 9.55 Å². The van der Waals surface area contributed by atoms with E-state index in [1.807, 2.05) is 20.0 Å². The molecule has 15 heavy (non-hydrogen) atoms. The molecule has 0 radical (unpaired) electrons. The summed E-state index contributed by atoms with van der Waals surface area (Å²) >= 11 is 1.69. The first-order chi connectivity index (χ1) is 7.15. The third kappa shape index (κ3) is 2.46. The van der Waals surface area contributed by atoms with E-state index in [0.29, 0.717) is 0 Å². The van der Waals surface area contributed by atoms with Gasteiger partial charge in [-0.05, 0) is 25.5 Å². The third-order valence-corrected chi connectivity index (χ3v) is 3.13. The number of thiazole rings is 1. The zero-order valence-corrected chi connectivity index (χ0v) is 9.79. The molecule has 0 aliphatic rings. The van der Waals surface area contributed by atoms with Gasteiger partial charge in [0.1, 0.15) is 0 Å². The van der Waals surface area contributed by atoms with E-state index in [-0.39, 0.29) is 6.04 Å². The van der Waals surface area contributed by atoms with Crippen LogP contribution in [0.15, 0.2) is 23.8 Å². The molecule has 1 atom stereocenters. The minimum absolute atomic E-state index is 0.100. The molecule has 1 unspecified atom stereocenters. The lowest BCUT2D eigenvalue weighted by Crippen LogP contribution is -2.04. The molecule has 0 saturated heterocycles. The highest BCUT2D eigenvalue weighted by atomic mass is 32.1. The van der Waals surface area contributed by atoms with Gasteiger partial charge in [-0.25, -0.2) is 4.98 Å². The second-order valence-electron chi connectivity index (χ2n) is 3.76. The number of hydrogen-bond donors (Lipinski definition) is 1. The van der Waals surface area contributed by atoms with E-state index in [1.54, 1.807) is 11.3 Å². The van der Waals surface area contributed by atoms with Crippen molar-refractivity contribution in [1.29, 1.82) is 0 Å². The van der Waals surface area contributed by atoms with Gasteiger partial charge >= 0.3 is 0 Å². The summed E-state index contributed by atoms with van der Waals surface area (Å²) in [7, 11) is 0. The summed E-state index contributed by atoms with van der Waals surface area (Å²) in [6.45, 7) is 4.85. The van der Waals surface area contributed by atoms with Crippen molar-refractivity contribution in [3.05, 3.63) is 40.1 Å². The Morgan fingerprint density at radius 3 is 2.93 bits per heavy atom. The maximum atomic E-state index is 5.80. The van der Waals surface area contributed by atoms with Crippen LogP contribution in [0.2, 0.25) is 0 Å². The third-order valence-electron chi connectivity index (χ3n) is 2.31. The molecular formula is C11H15N3S. The Kier molecular flexibility index (Phi) is 2.88. The zero-order valence-electron chi connectivity index (χ0n) is 8.97. The highest BCUT2D eigenvalue weighted by Gasteiger charge is 2.03. The lowest BCUT2D eigenvalue weighted by molar-refractivity contribution is 0.764. The van der Waals surface area contributed by atoms with E-state index in [1.165, 1.54) is 5.56 Å². The maximum absolute atomic E-state index is 5.80. The van der Waals surface area contributed by atoms with Gasteiger partial charge < -0.3 is 10.3 Å². The van der Waals surface area contributed by atoms with Gasteiger partial charge in [-0.15, -0.1) is 11.3 Å². The summed E-state index contributed by atoms with van der Waals surface area (Å²) in [5.41, 5.74) is 8.08. The zero-order chi connectivity index (χ0) is 10.8. The summed E-state index contributed by atoms with van der Waals surface area (Å²) in [4.78, 5) is 4.43. The average molecular weight is 221 g/mol. The van der Waals surface area contributed by atoms with Crippen LogP contribution in [0.25, 0.3) is 0 Å². The fraction of sp³-hybridized carbons (Fsp3) is 0.364. The van der Waals surface area contributed by atoms with Crippen molar-refractivity contribution in [1.82, 2.24) is 9.55 Å². The molecular weight excluding hydrogens is 206 g/mol. The quantitative estimate of drug-likeness (QED) is 0.864. The molecule has 0 aliphatic heterocycles. The van der Waals surface area contributed by atoms with Crippen molar-refractivity contribution in [2.75, 3.05) is 0 Å². The van der Waals surface area contributed by atoms with Gasteiger partial charge in [-0.1, -0.05) is 0 Å². The Morgan fingerprint density at radius 2 is 2.40 bits per heavy atom. The van der Waals surface area contributed by atoms with Crippen molar-refractivity contribution in [3.63, 3.8) is 0 Å². The van der Waals surface area contributed by atoms with Crippen LogP contribution in [-0.2, 0) is 6.54 Å². The standard InChI is InChI=1S/C11H15N3S/c1-8(12)10-3-4-14(5-10)6-11-7-15-9(2)13-11/h3-5,7-8H,6,12H2,1-2H3. The molecule has 0 aliphatic carbocycles. The van der Waals surface area contributed by atoms with E-state index in [2.05, 4.69) is 27.2 Å². The van der Waals surface area contributed by atoms with Crippen molar-refractivity contribution >= 4 is 11.3 Å². The number of aryl methyl sites for hydroxylation is 1. The summed E-state index contributed by atoms with van der Waals surface area (Å²) in [5.74, 6) is 0. The minimum Gasteiger partial charge on any atom is -0.348 e. The van der Waals surface area contributed by atoms with Crippen LogP contribution in [0.1, 0.15) is 29.2 Å². The highest BCUT2D eigenvalue weighted by Crippen LogP contribution is 2.13. The molecule has 2 aromatic heterocycles. The fourth-order valence-corrected chi connectivity index (χ4v) is 2.10. The van der Waals surface area contributed by atoms with Gasteiger partial charge in [0.05, 0.1) is 17.2 Å². The van der Waals surface area contributed by atoms with Gasteiger partial charge in [-0.2, -0.15) is 0 Å².